The van der Waals surface area contributed by atoms with Gasteiger partial charge in [0, 0.05) is 5.56 Å². The van der Waals surface area contributed by atoms with E-state index in [4.69, 9.17) is 4.74 Å². The van der Waals surface area contributed by atoms with Crippen molar-refractivity contribution in [3.8, 4) is 5.75 Å². The molecule has 0 N–H and O–H groups in total. The monoisotopic (exact) mass is 536 g/mol. The van der Waals surface area contributed by atoms with E-state index in [1.807, 2.05) is 12.1 Å². The lowest BCUT2D eigenvalue weighted by Crippen LogP contribution is -2.50. The van der Waals surface area contributed by atoms with Gasteiger partial charge in [0.15, 0.2) is 0 Å². The first-order valence-electron chi connectivity index (χ1n) is 15.7. The number of benzene rings is 1. The standard InChI is InChI=1S/C35H52O2S/c1-22(2)8-7-9-23(3)30-14-15-31-28-12-10-25-20-24(29-21-26(37-6)11-13-27(29)33(36)38)16-18-34(25,4)32(28)17-19-35(30,31)5/h10-11,13,21-24,28,30-32H,7-9,12,14-20H2,1-6H3,(H,36,38)/t23-,24?,28?,30-,31?,32?,34+,35-/m1/s1. The number of carbonyl (C=O) groups excluding carboxylic acids is 1. The molecule has 4 aliphatic carbocycles. The van der Waals surface area contributed by atoms with Gasteiger partial charge in [0.05, 0.1) is 7.11 Å². The first-order chi connectivity index (χ1) is 18.1. The SMILES string of the molecule is COc1ccc(C(=O)S)c(C2CC[C@@]3(C)C(=CCC4C3CC[C@@]3(C)C4CC[C@@H]3[C@H](C)CCCC(C)C)C2)c1. The van der Waals surface area contributed by atoms with Gasteiger partial charge >= 0.3 is 0 Å². The highest BCUT2D eigenvalue weighted by Gasteiger charge is 2.59. The Labute approximate surface area is 238 Å². The van der Waals surface area contributed by atoms with Crippen LogP contribution in [0.25, 0.3) is 0 Å². The van der Waals surface area contributed by atoms with Gasteiger partial charge in [0.2, 0.25) is 5.12 Å². The minimum Gasteiger partial charge on any atom is -0.497 e. The lowest BCUT2D eigenvalue weighted by molar-refractivity contribution is -0.0510. The molecule has 0 spiro atoms. The van der Waals surface area contributed by atoms with E-state index in [0.717, 1.165) is 65.2 Å². The van der Waals surface area contributed by atoms with Gasteiger partial charge in [-0.25, -0.2) is 0 Å². The van der Waals surface area contributed by atoms with E-state index in [1.165, 1.54) is 57.8 Å². The summed E-state index contributed by atoms with van der Waals surface area (Å²) in [4.78, 5) is 12.3. The van der Waals surface area contributed by atoms with E-state index in [1.54, 1.807) is 12.7 Å². The number of ether oxygens (including phenoxy) is 1. The summed E-state index contributed by atoms with van der Waals surface area (Å²) in [5.41, 5.74) is 4.43. The zero-order valence-corrected chi connectivity index (χ0v) is 25.8. The molecule has 1 aromatic rings. The summed E-state index contributed by atoms with van der Waals surface area (Å²) in [6.07, 6.45) is 17.4. The predicted octanol–water partition coefficient (Wildman–Crippen LogP) is 9.89. The number of hydrogen-bond acceptors (Lipinski definition) is 2. The van der Waals surface area contributed by atoms with Gasteiger partial charge in [-0.05, 0) is 127 Å². The largest absolute Gasteiger partial charge is 0.497 e. The number of hydrogen-bond donors (Lipinski definition) is 1. The number of allylic oxidation sites excluding steroid dienone is 2. The minimum atomic E-state index is -0.130. The van der Waals surface area contributed by atoms with E-state index in [0.29, 0.717) is 16.7 Å². The summed E-state index contributed by atoms with van der Waals surface area (Å²) in [5, 5.41) is -0.130. The average molecular weight is 537 g/mol. The van der Waals surface area contributed by atoms with Crippen molar-refractivity contribution in [1.29, 1.82) is 0 Å². The second-order valence-electron chi connectivity index (χ2n) is 14.5. The van der Waals surface area contributed by atoms with Crippen molar-refractivity contribution in [2.24, 2.45) is 46.3 Å². The topological polar surface area (TPSA) is 26.3 Å². The number of thiol groups is 1. The highest BCUT2D eigenvalue weighted by Crippen LogP contribution is 2.68. The molecule has 3 fully saturated rings. The lowest BCUT2D eigenvalue weighted by Gasteiger charge is -2.58. The zero-order valence-electron chi connectivity index (χ0n) is 24.9. The minimum absolute atomic E-state index is 0.130. The molecule has 0 aliphatic heterocycles. The first-order valence-corrected chi connectivity index (χ1v) is 16.1. The Morgan fingerprint density at radius 2 is 1.84 bits per heavy atom. The Hall–Kier alpha value is -1.22. The van der Waals surface area contributed by atoms with Gasteiger partial charge in [0.25, 0.3) is 0 Å². The summed E-state index contributed by atoms with van der Waals surface area (Å²) < 4.78 is 5.53. The van der Waals surface area contributed by atoms with Crippen molar-refractivity contribution in [3.05, 3.63) is 41.0 Å². The molecule has 0 heterocycles. The third kappa shape index (κ3) is 4.92. The van der Waals surface area contributed by atoms with Crippen LogP contribution in [0.1, 0.15) is 127 Å². The van der Waals surface area contributed by atoms with Gasteiger partial charge in [-0.3, -0.25) is 4.79 Å². The maximum Gasteiger partial charge on any atom is 0.216 e. The molecule has 0 aromatic heterocycles. The Kier molecular flexibility index (Phi) is 8.18. The molecule has 3 saturated carbocycles. The van der Waals surface area contributed by atoms with Crippen LogP contribution in [0.4, 0.5) is 0 Å². The van der Waals surface area contributed by atoms with Gasteiger partial charge in [-0.15, -0.1) is 12.6 Å². The number of carbonyl (C=O) groups is 1. The molecule has 1 aromatic carbocycles. The normalized spacial score (nSPS) is 37.2. The third-order valence-corrected chi connectivity index (χ3v) is 12.5. The smallest absolute Gasteiger partial charge is 0.216 e. The van der Waals surface area contributed by atoms with Crippen molar-refractivity contribution in [2.75, 3.05) is 7.11 Å². The van der Waals surface area contributed by atoms with Crippen LogP contribution in [0.2, 0.25) is 0 Å². The molecular weight excluding hydrogens is 484 g/mol. The van der Waals surface area contributed by atoms with E-state index in [2.05, 4.69) is 59.4 Å². The van der Waals surface area contributed by atoms with Crippen molar-refractivity contribution >= 4 is 17.7 Å². The van der Waals surface area contributed by atoms with Crippen LogP contribution in [0.3, 0.4) is 0 Å². The number of fused-ring (bicyclic) bond motifs is 5. The molecule has 0 bridgehead atoms. The second-order valence-corrected chi connectivity index (χ2v) is 14.9. The Morgan fingerprint density at radius 1 is 1.05 bits per heavy atom. The van der Waals surface area contributed by atoms with E-state index in [-0.39, 0.29) is 5.12 Å². The highest BCUT2D eigenvalue weighted by molar-refractivity contribution is 7.97. The maximum atomic E-state index is 12.3. The third-order valence-electron chi connectivity index (χ3n) is 12.2. The van der Waals surface area contributed by atoms with Crippen molar-refractivity contribution in [2.45, 2.75) is 111 Å². The second kappa shape index (κ2) is 11.0. The summed E-state index contributed by atoms with van der Waals surface area (Å²) in [6, 6.07) is 5.89. The van der Waals surface area contributed by atoms with E-state index >= 15 is 0 Å². The molecule has 0 saturated heterocycles. The highest BCUT2D eigenvalue weighted by atomic mass is 32.1. The maximum absolute atomic E-state index is 12.3. The fourth-order valence-corrected chi connectivity index (χ4v) is 10.4. The van der Waals surface area contributed by atoms with Crippen LogP contribution in [0.15, 0.2) is 29.8 Å². The lowest BCUT2D eigenvalue weighted by atomic mass is 9.46. The molecule has 3 heteroatoms. The molecule has 4 unspecified atom stereocenters. The van der Waals surface area contributed by atoms with Crippen molar-refractivity contribution in [1.82, 2.24) is 0 Å². The van der Waals surface area contributed by atoms with Crippen molar-refractivity contribution < 1.29 is 9.53 Å². The molecule has 210 valence electrons. The predicted molar refractivity (Wildman–Crippen MR) is 162 cm³/mol. The summed E-state index contributed by atoms with van der Waals surface area (Å²) in [5.74, 6) is 6.42. The Balaban J connectivity index is 1.34. The Morgan fingerprint density at radius 3 is 2.55 bits per heavy atom. The van der Waals surface area contributed by atoms with Crippen LogP contribution in [-0.4, -0.2) is 12.2 Å². The molecule has 0 amide bonds. The van der Waals surface area contributed by atoms with Crippen LogP contribution in [0, 0.1) is 46.3 Å². The summed E-state index contributed by atoms with van der Waals surface area (Å²) in [6.45, 7) is 12.6. The van der Waals surface area contributed by atoms with Crippen LogP contribution >= 0.6 is 12.6 Å². The average Bonchev–Trinajstić information content (AvgIpc) is 3.24. The molecule has 2 nitrogen and oxygen atoms in total. The van der Waals surface area contributed by atoms with Crippen LogP contribution < -0.4 is 4.74 Å². The molecule has 38 heavy (non-hydrogen) atoms. The quantitative estimate of drug-likeness (QED) is 0.264. The molecular formula is C35H52O2S. The first kappa shape index (κ1) is 28.3. The fraction of sp³-hybridized carbons (Fsp3) is 0.743. The molecule has 0 radical (unpaired) electrons. The zero-order chi connectivity index (χ0) is 27.2. The van der Waals surface area contributed by atoms with Gasteiger partial charge in [-0.2, -0.15) is 0 Å². The molecule has 4 aliphatic rings. The van der Waals surface area contributed by atoms with Gasteiger partial charge in [-0.1, -0.05) is 65.5 Å². The van der Waals surface area contributed by atoms with Gasteiger partial charge < -0.3 is 4.74 Å². The summed E-state index contributed by atoms with van der Waals surface area (Å²) in [7, 11) is 1.71. The number of methoxy groups -OCH3 is 1. The molecule has 5 rings (SSSR count). The van der Waals surface area contributed by atoms with Gasteiger partial charge in [0.1, 0.15) is 5.75 Å². The van der Waals surface area contributed by atoms with Crippen LogP contribution in [-0.2, 0) is 0 Å². The Bertz CT molecular complexity index is 1060. The van der Waals surface area contributed by atoms with E-state index < -0.39 is 0 Å². The number of rotatable bonds is 8. The van der Waals surface area contributed by atoms with E-state index in [9.17, 15) is 4.79 Å². The molecule has 8 atom stereocenters. The fourth-order valence-electron chi connectivity index (χ4n) is 10.2. The van der Waals surface area contributed by atoms with Crippen LogP contribution in [0.5, 0.6) is 5.75 Å². The van der Waals surface area contributed by atoms with Crippen molar-refractivity contribution in [3.63, 3.8) is 0 Å². The summed E-state index contributed by atoms with van der Waals surface area (Å²) >= 11 is 4.21.